The Hall–Kier alpha value is -1.26. The highest BCUT2D eigenvalue weighted by molar-refractivity contribution is 6.36. The zero-order chi connectivity index (χ0) is 17.0. The molecule has 1 saturated carbocycles. The number of carboxylic acids is 1. The Bertz CT molecular complexity index is 563. The molecule has 1 aromatic carbocycles. The zero-order valence-corrected chi connectivity index (χ0v) is 14.5. The molecule has 0 aromatic heterocycles. The van der Waals surface area contributed by atoms with Crippen LogP contribution in [0.25, 0.3) is 0 Å². The monoisotopic (exact) mass is 357 g/mol. The second-order valence-corrected chi connectivity index (χ2v) is 6.98. The molecule has 1 aliphatic carbocycles. The van der Waals surface area contributed by atoms with Gasteiger partial charge in [-0.2, -0.15) is 0 Å². The zero-order valence-electron chi connectivity index (χ0n) is 13.0. The minimum absolute atomic E-state index is 0.00973. The molecule has 0 radical (unpaired) electrons. The number of amides is 1. The first-order chi connectivity index (χ1) is 10.9. The van der Waals surface area contributed by atoms with Crippen LogP contribution in [-0.4, -0.2) is 23.5 Å². The first-order valence-electron chi connectivity index (χ1n) is 7.84. The van der Waals surface area contributed by atoms with Gasteiger partial charge in [0.05, 0.1) is 5.92 Å². The van der Waals surface area contributed by atoms with E-state index in [-0.39, 0.29) is 23.7 Å². The van der Waals surface area contributed by atoms with Gasteiger partial charge < -0.3 is 10.4 Å². The van der Waals surface area contributed by atoms with Crippen molar-refractivity contribution in [3.05, 3.63) is 33.8 Å². The van der Waals surface area contributed by atoms with Gasteiger partial charge >= 0.3 is 5.97 Å². The minimum Gasteiger partial charge on any atom is -0.481 e. The van der Waals surface area contributed by atoms with Crippen LogP contribution < -0.4 is 5.32 Å². The first-order valence-corrected chi connectivity index (χ1v) is 8.60. The van der Waals surface area contributed by atoms with E-state index in [1.807, 2.05) is 6.92 Å². The van der Waals surface area contributed by atoms with E-state index in [1.165, 1.54) is 0 Å². The predicted molar refractivity (Wildman–Crippen MR) is 91.0 cm³/mol. The number of rotatable bonds is 5. The van der Waals surface area contributed by atoms with E-state index < -0.39 is 5.97 Å². The Morgan fingerprint density at radius 1 is 1.17 bits per heavy atom. The van der Waals surface area contributed by atoms with Crippen LogP contribution in [0.4, 0.5) is 0 Å². The Morgan fingerprint density at radius 2 is 1.70 bits per heavy atom. The molecular weight excluding hydrogens is 337 g/mol. The lowest BCUT2D eigenvalue weighted by Gasteiger charge is -2.26. The quantitative estimate of drug-likeness (QED) is 0.833. The van der Waals surface area contributed by atoms with Gasteiger partial charge in [0.25, 0.3) is 0 Å². The topological polar surface area (TPSA) is 66.4 Å². The molecule has 2 N–H and O–H groups in total. The van der Waals surface area contributed by atoms with Gasteiger partial charge in [-0.25, -0.2) is 0 Å². The van der Waals surface area contributed by atoms with Crippen LogP contribution in [0.5, 0.6) is 0 Å². The smallest absolute Gasteiger partial charge is 0.306 e. The van der Waals surface area contributed by atoms with Gasteiger partial charge in [0.1, 0.15) is 0 Å². The molecule has 126 valence electrons. The van der Waals surface area contributed by atoms with E-state index in [4.69, 9.17) is 28.3 Å². The van der Waals surface area contributed by atoms with Gasteiger partial charge in [0, 0.05) is 28.4 Å². The number of hydrogen-bond donors (Lipinski definition) is 2. The van der Waals surface area contributed by atoms with Crippen LogP contribution in [0, 0.1) is 11.8 Å². The number of benzene rings is 1. The fraction of sp³-hybridized carbons (Fsp3) is 0.529. The molecule has 6 heteroatoms. The molecule has 0 saturated heterocycles. The van der Waals surface area contributed by atoms with Crippen molar-refractivity contribution in [2.75, 3.05) is 6.54 Å². The van der Waals surface area contributed by atoms with Crippen LogP contribution >= 0.6 is 23.2 Å². The average Bonchev–Trinajstić information content (AvgIpc) is 2.52. The number of hydrogen-bond acceptors (Lipinski definition) is 2. The van der Waals surface area contributed by atoms with Gasteiger partial charge in [-0.1, -0.05) is 36.2 Å². The SMILES string of the molecule is CC(CNC(=O)C1CCC(C(=O)O)CC1)c1c(Cl)cccc1Cl. The second-order valence-electron chi connectivity index (χ2n) is 6.17. The van der Waals surface area contributed by atoms with Crippen LogP contribution in [-0.2, 0) is 9.59 Å². The number of halogens is 2. The molecule has 0 aliphatic heterocycles. The van der Waals surface area contributed by atoms with Crippen LogP contribution in [0.1, 0.15) is 44.1 Å². The molecule has 2 rings (SSSR count). The van der Waals surface area contributed by atoms with Crippen LogP contribution in [0.15, 0.2) is 18.2 Å². The molecular formula is C17H21Cl2NO3. The van der Waals surface area contributed by atoms with E-state index in [0.717, 1.165) is 5.56 Å². The number of aliphatic carboxylic acids is 1. The van der Waals surface area contributed by atoms with Crippen molar-refractivity contribution in [2.45, 2.75) is 38.5 Å². The third kappa shape index (κ3) is 4.61. The second kappa shape index (κ2) is 8.02. The molecule has 4 nitrogen and oxygen atoms in total. The summed E-state index contributed by atoms with van der Waals surface area (Å²) in [6.45, 7) is 2.43. The highest BCUT2D eigenvalue weighted by Gasteiger charge is 2.29. The van der Waals surface area contributed by atoms with Crippen LogP contribution in [0.3, 0.4) is 0 Å². The maximum atomic E-state index is 12.3. The standard InChI is InChI=1S/C17H21Cl2NO3/c1-10(15-13(18)3-2-4-14(15)19)9-20-16(21)11-5-7-12(8-6-11)17(22)23/h2-4,10-12H,5-9H2,1H3,(H,20,21)(H,22,23). The molecule has 0 bridgehead atoms. The maximum absolute atomic E-state index is 12.3. The molecule has 1 atom stereocenters. The lowest BCUT2D eigenvalue weighted by Crippen LogP contribution is -2.36. The van der Waals surface area contributed by atoms with Crippen molar-refractivity contribution in [1.82, 2.24) is 5.32 Å². The summed E-state index contributed by atoms with van der Waals surface area (Å²) in [5.74, 6) is -1.16. The summed E-state index contributed by atoms with van der Waals surface area (Å²) in [4.78, 5) is 23.2. The third-order valence-corrected chi connectivity index (χ3v) is 5.18. The molecule has 1 fully saturated rings. The summed E-state index contributed by atoms with van der Waals surface area (Å²) < 4.78 is 0. The Morgan fingerprint density at radius 3 is 2.22 bits per heavy atom. The molecule has 0 heterocycles. The van der Waals surface area contributed by atoms with Crippen molar-refractivity contribution in [1.29, 1.82) is 0 Å². The fourth-order valence-corrected chi connectivity index (χ4v) is 3.85. The summed E-state index contributed by atoms with van der Waals surface area (Å²) in [6.07, 6.45) is 2.40. The van der Waals surface area contributed by atoms with Crippen molar-refractivity contribution in [3.63, 3.8) is 0 Å². The van der Waals surface area contributed by atoms with Crippen molar-refractivity contribution in [2.24, 2.45) is 11.8 Å². The van der Waals surface area contributed by atoms with Gasteiger partial charge in [-0.15, -0.1) is 0 Å². The minimum atomic E-state index is -0.758. The Balaban J connectivity index is 1.86. The van der Waals surface area contributed by atoms with Crippen molar-refractivity contribution >= 4 is 35.1 Å². The van der Waals surface area contributed by atoms with E-state index >= 15 is 0 Å². The number of nitrogens with one attached hydrogen (secondary N) is 1. The predicted octanol–water partition coefficient (Wildman–Crippen LogP) is 4.10. The van der Waals surface area contributed by atoms with E-state index in [0.29, 0.717) is 42.3 Å². The molecule has 1 aromatic rings. The van der Waals surface area contributed by atoms with Gasteiger partial charge in [0.15, 0.2) is 0 Å². The van der Waals surface area contributed by atoms with Gasteiger partial charge in [-0.05, 0) is 43.4 Å². The van der Waals surface area contributed by atoms with Crippen molar-refractivity contribution < 1.29 is 14.7 Å². The lowest BCUT2D eigenvalue weighted by atomic mass is 9.81. The molecule has 1 amide bonds. The molecule has 1 aliphatic rings. The summed E-state index contributed by atoms with van der Waals surface area (Å²) in [5, 5.41) is 13.1. The lowest BCUT2D eigenvalue weighted by molar-refractivity contribution is -0.144. The molecule has 0 spiro atoms. The summed E-state index contributed by atoms with van der Waals surface area (Å²) in [6, 6.07) is 5.36. The summed E-state index contributed by atoms with van der Waals surface area (Å²) in [7, 11) is 0. The van der Waals surface area contributed by atoms with Gasteiger partial charge in [0.2, 0.25) is 5.91 Å². The normalized spacial score (nSPS) is 22.4. The van der Waals surface area contributed by atoms with Crippen molar-refractivity contribution in [3.8, 4) is 0 Å². The summed E-state index contributed by atoms with van der Waals surface area (Å²) >= 11 is 12.4. The number of carbonyl (C=O) groups is 2. The average molecular weight is 358 g/mol. The van der Waals surface area contributed by atoms with Crippen LogP contribution in [0.2, 0.25) is 10.0 Å². The Kier molecular flexibility index (Phi) is 6.31. The first kappa shape index (κ1) is 18.1. The summed E-state index contributed by atoms with van der Waals surface area (Å²) in [5.41, 5.74) is 0.839. The van der Waals surface area contributed by atoms with Gasteiger partial charge in [-0.3, -0.25) is 9.59 Å². The largest absolute Gasteiger partial charge is 0.481 e. The highest BCUT2D eigenvalue weighted by atomic mass is 35.5. The molecule has 1 unspecified atom stereocenters. The fourth-order valence-electron chi connectivity index (χ4n) is 3.08. The van der Waals surface area contributed by atoms with E-state index in [2.05, 4.69) is 5.32 Å². The number of carbonyl (C=O) groups excluding carboxylic acids is 1. The third-order valence-electron chi connectivity index (χ3n) is 4.52. The Labute approximate surface area is 146 Å². The van der Waals surface area contributed by atoms with E-state index in [1.54, 1.807) is 18.2 Å². The molecule has 23 heavy (non-hydrogen) atoms. The maximum Gasteiger partial charge on any atom is 0.306 e. The highest BCUT2D eigenvalue weighted by Crippen LogP contribution is 2.32. The van der Waals surface area contributed by atoms with E-state index in [9.17, 15) is 9.59 Å². The number of carboxylic acid groups (broad SMARTS) is 1.